The smallest absolute Gasteiger partial charge is 0.311 e. The zero-order valence-electron chi connectivity index (χ0n) is 17.8. The zero-order chi connectivity index (χ0) is 22.0. The van der Waals surface area contributed by atoms with E-state index < -0.39 is 11.9 Å². The number of rotatable bonds is 7. The first-order valence-electron chi connectivity index (χ1n) is 10.6. The average Bonchev–Trinajstić information content (AvgIpc) is 3.41. The van der Waals surface area contributed by atoms with Crippen LogP contribution in [0.2, 0.25) is 0 Å². The number of ether oxygens (including phenoxy) is 1. The van der Waals surface area contributed by atoms with Crippen LogP contribution in [0.15, 0.2) is 54.7 Å². The van der Waals surface area contributed by atoms with Crippen LogP contribution < -0.4 is 0 Å². The number of ketones is 1. The molecule has 1 amide bonds. The number of carbonyl (C=O) groups is 3. The van der Waals surface area contributed by atoms with Gasteiger partial charge in [0.15, 0.2) is 6.61 Å². The number of Topliss-reactive ketones (excluding diaryl/α,β-unsaturated/α-hetero) is 1. The van der Waals surface area contributed by atoms with E-state index in [9.17, 15) is 14.4 Å². The molecule has 1 aromatic heterocycles. The van der Waals surface area contributed by atoms with E-state index in [1.54, 1.807) is 11.1 Å². The maximum Gasteiger partial charge on any atom is 0.311 e. The first-order valence-corrected chi connectivity index (χ1v) is 10.6. The van der Waals surface area contributed by atoms with Crippen molar-refractivity contribution in [1.29, 1.82) is 0 Å². The number of aryl methyl sites for hydroxylation is 1. The van der Waals surface area contributed by atoms with Gasteiger partial charge in [-0.25, -0.2) is 0 Å². The lowest BCUT2D eigenvalue weighted by Crippen LogP contribution is -2.30. The average molecular weight is 418 g/mol. The van der Waals surface area contributed by atoms with Crippen LogP contribution in [-0.4, -0.2) is 40.7 Å². The summed E-state index contributed by atoms with van der Waals surface area (Å²) in [4.78, 5) is 42.6. The number of fused-ring (bicyclic) bond motifs is 1. The zero-order valence-corrected chi connectivity index (χ0v) is 17.8. The molecule has 2 aromatic carbocycles. The molecule has 1 saturated heterocycles. The van der Waals surface area contributed by atoms with Crippen molar-refractivity contribution < 1.29 is 19.1 Å². The van der Waals surface area contributed by atoms with Crippen LogP contribution >= 0.6 is 0 Å². The second kappa shape index (κ2) is 8.76. The molecule has 1 aliphatic rings. The predicted molar refractivity (Wildman–Crippen MR) is 118 cm³/mol. The molecule has 2 atom stereocenters. The molecule has 6 nitrogen and oxygen atoms in total. The van der Waals surface area contributed by atoms with Gasteiger partial charge >= 0.3 is 5.97 Å². The van der Waals surface area contributed by atoms with Crippen molar-refractivity contribution in [2.75, 3.05) is 13.2 Å². The number of benzene rings is 2. The fourth-order valence-corrected chi connectivity index (χ4v) is 4.25. The number of nitrogens with zero attached hydrogens (tertiary/aromatic N) is 1. The Labute approximate surface area is 181 Å². The molecule has 0 spiro atoms. The van der Waals surface area contributed by atoms with E-state index in [0.29, 0.717) is 12.1 Å². The molecule has 1 fully saturated rings. The van der Waals surface area contributed by atoms with E-state index in [1.807, 2.05) is 55.5 Å². The lowest BCUT2D eigenvalue weighted by Gasteiger charge is -2.25. The van der Waals surface area contributed by atoms with Crippen molar-refractivity contribution in [3.8, 4) is 0 Å². The number of para-hydroxylation sites is 1. The van der Waals surface area contributed by atoms with E-state index in [1.165, 1.54) is 0 Å². The highest BCUT2D eigenvalue weighted by Gasteiger charge is 2.38. The molecule has 4 rings (SSSR count). The van der Waals surface area contributed by atoms with Crippen molar-refractivity contribution in [2.24, 2.45) is 5.92 Å². The molecule has 6 heteroatoms. The van der Waals surface area contributed by atoms with E-state index >= 15 is 0 Å². The van der Waals surface area contributed by atoms with Crippen LogP contribution in [0, 0.1) is 5.92 Å². The highest BCUT2D eigenvalue weighted by Crippen LogP contribution is 2.29. The van der Waals surface area contributed by atoms with Crippen LogP contribution in [-0.2, 0) is 20.7 Å². The number of esters is 1. The number of nitrogens with one attached hydrogen (secondary N) is 1. The lowest BCUT2D eigenvalue weighted by molar-refractivity contribution is -0.147. The normalized spacial score (nSPS) is 17.2. The Morgan fingerprint density at radius 3 is 2.68 bits per heavy atom. The SMILES string of the molecule is CCc1cccc2c(C(=O)COC(=O)[C@H]3CC(=O)N([C@@H](C)c4ccccc4)C3)c[nH]c12. The summed E-state index contributed by atoms with van der Waals surface area (Å²) in [6.07, 6.45) is 2.63. The minimum absolute atomic E-state index is 0.0756. The number of carbonyl (C=O) groups excluding carboxylic acids is 3. The monoisotopic (exact) mass is 418 g/mol. The van der Waals surface area contributed by atoms with Gasteiger partial charge in [0.2, 0.25) is 11.7 Å². The number of aromatic amines is 1. The van der Waals surface area contributed by atoms with Crippen LogP contribution in [0.4, 0.5) is 0 Å². The van der Waals surface area contributed by atoms with Gasteiger partial charge < -0.3 is 14.6 Å². The van der Waals surface area contributed by atoms with Crippen molar-refractivity contribution in [3.63, 3.8) is 0 Å². The third-order valence-electron chi connectivity index (χ3n) is 6.07. The Kier molecular flexibility index (Phi) is 5.89. The van der Waals surface area contributed by atoms with Crippen molar-refractivity contribution in [3.05, 3.63) is 71.4 Å². The number of hydrogen-bond donors (Lipinski definition) is 1. The molecule has 0 bridgehead atoms. The van der Waals surface area contributed by atoms with Gasteiger partial charge in [-0.2, -0.15) is 0 Å². The Hall–Kier alpha value is -3.41. The summed E-state index contributed by atoms with van der Waals surface area (Å²) in [7, 11) is 0. The summed E-state index contributed by atoms with van der Waals surface area (Å²) < 4.78 is 5.32. The molecular weight excluding hydrogens is 392 g/mol. The Morgan fingerprint density at radius 1 is 1.16 bits per heavy atom. The molecule has 0 saturated carbocycles. The van der Waals surface area contributed by atoms with Crippen molar-refractivity contribution in [1.82, 2.24) is 9.88 Å². The minimum Gasteiger partial charge on any atom is -0.457 e. The fourth-order valence-electron chi connectivity index (χ4n) is 4.25. The summed E-state index contributed by atoms with van der Waals surface area (Å²) in [5.74, 6) is -1.39. The number of aromatic nitrogens is 1. The highest BCUT2D eigenvalue weighted by molar-refractivity contribution is 6.09. The summed E-state index contributed by atoms with van der Waals surface area (Å²) >= 11 is 0. The van der Waals surface area contributed by atoms with Gasteiger partial charge in [-0.05, 0) is 24.5 Å². The van der Waals surface area contributed by atoms with E-state index in [-0.39, 0.29) is 30.8 Å². The molecule has 3 aromatic rings. The van der Waals surface area contributed by atoms with Gasteiger partial charge in [0, 0.05) is 35.6 Å². The lowest BCUT2D eigenvalue weighted by atomic mass is 10.1. The summed E-state index contributed by atoms with van der Waals surface area (Å²) in [5, 5.41) is 0.833. The Balaban J connectivity index is 1.38. The van der Waals surface area contributed by atoms with Crippen LogP contribution in [0.25, 0.3) is 10.9 Å². The van der Waals surface area contributed by atoms with Gasteiger partial charge in [-0.3, -0.25) is 14.4 Å². The van der Waals surface area contributed by atoms with Crippen molar-refractivity contribution in [2.45, 2.75) is 32.7 Å². The van der Waals surface area contributed by atoms with Crippen LogP contribution in [0.1, 0.15) is 47.8 Å². The number of H-pyrrole nitrogens is 1. The van der Waals surface area contributed by atoms with Crippen molar-refractivity contribution >= 4 is 28.6 Å². The highest BCUT2D eigenvalue weighted by atomic mass is 16.5. The van der Waals surface area contributed by atoms with E-state index in [0.717, 1.165) is 28.5 Å². The topological polar surface area (TPSA) is 79.5 Å². The molecule has 0 unspecified atom stereocenters. The molecule has 0 aliphatic carbocycles. The van der Waals surface area contributed by atoms with Gasteiger partial charge in [0.05, 0.1) is 12.0 Å². The molecule has 1 N–H and O–H groups in total. The van der Waals surface area contributed by atoms with Gasteiger partial charge in [-0.15, -0.1) is 0 Å². The molecule has 2 heterocycles. The Morgan fingerprint density at radius 2 is 1.94 bits per heavy atom. The van der Waals surface area contributed by atoms with Crippen LogP contribution in [0.3, 0.4) is 0 Å². The number of likely N-dealkylation sites (tertiary alicyclic amines) is 1. The second-order valence-corrected chi connectivity index (χ2v) is 7.96. The second-order valence-electron chi connectivity index (χ2n) is 7.96. The third kappa shape index (κ3) is 4.10. The maximum atomic E-state index is 12.7. The number of amides is 1. The van der Waals surface area contributed by atoms with Gasteiger partial charge in [-0.1, -0.05) is 55.5 Å². The first kappa shape index (κ1) is 20.8. The maximum absolute atomic E-state index is 12.7. The molecule has 1 aliphatic heterocycles. The summed E-state index contributed by atoms with van der Waals surface area (Å²) in [6.45, 7) is 3.98. The standard InChI is InChI=1S/C25H26N2O4/c1-3-17-10-7-11-20-21(13-26-24(17)20)22(28)15-31-25(30)19-12-23(29)27(14-19)16(2)18-8-5-4-6-9-18/h4-11,13,16,19,26H,3,12,14-15H2,1-2H3/t16-,19-/m0/s1. The van der Waals surface area contributed by atoms with E-state index in [4.69, 9.17) is 4.74 Å². The third-order valence-corrected chi connectivity index (χ3v) is 6.07. The molecule has 31 heavy (non-hydrogen) atoms. The van der Waals surface area contributed by atoms with Gasteiger partial charge in [0.25, 0.3) is 0 Å². The quantitative estimate of drug-likeness (QED) is 0.463. The predicted octanol–water partition coefficient (Wildman–Crippen LogP) is 4.07. The molecule has 0 radical (unpaired) electrons. The Bertz CT molecular complexity index is 1120. The van der Waals surface area contributed by atoms with Gasteiger partial charge in [0.1, 0.15) is 0 Å². The fraction of sp³-hybridized carbons (Fsp3) is 0.320. The minimum atomic E-state index is -0.555. The molecular formula is C25H26N2O4. The number of hydrogen-bond acceptors (Lipinski definition) is 4. The summed E-state index contributed by atoms with van der Waals surface area (Å²) in [5.41, 5.74) is 3.60. The van der Waals surface area contributed by atoms with Crippen LogP contribution in [0.5, 0.6) is 0 Å². The largest absolute Gasteiger partial charge is 0.457 e. The van der Waals surface area contributed by atoms with E-state index in [2.05, 4.69) is 11.9 Å². The summed E-state index contributed by atoms with van der Waals surface area (Å²) in [6, 6.07) is 15.4. The molecule has 160 valence electrons. The first-order chi connectivity index (χ1) is 15.0.